The van der Waals surface area contributed by atoms with E-state index in [0.717, 1.165) is 6.42 Å². The molecule has 1 aromatic carbocycles. The minimum absolute atomic E-state index is 0.0347. The lowest BCUT2D eigenvalue weighted by molar-refractivity contribution is 0.0947. The number of hydrogen-bond donors (Lipinski definition) is 3. The fourth-order valence-corrected chi connectivity index (χ4v) is 1.85. The van der Waals surface area contributed by atoms with Gasteiger partial charge < -0.3 is 16.2 Å². The molecule has 0 aliphatic carbocycles. The maximum atomic E-state index is 11.9. The van der Waals surface area contributed by atoms with Gasteiger partial charge in [-0.1, -0.05) is 26.0 Å². The van der Waals surface area contributed by atoms with Crippen molar-refractivity contribution in [2.45, 2.75) is 33.2 Å². The van der Waals surface area contributed by atoms with E-state index in [4.69, 9.17) is 5.73 Å². The maximum Gasteiger partial charge on any atom is 0.255 e. The first kappa shape index (κ1) is 14.5. The van der Waals surface area contributed by atoms with Crippen LogP contribution in [0.5, 0.6) is 5.75 Å². The van der Waals surface area contributed by atoms with Gasteiger partial charge in [-0.15, -0.1) is 0 Å². The summed E-state index contributed by atoms with van der Waals surface area (Å²) < 4.78 is 0. The summed E-state index contributed by atoms with van der Waals surface area (Å²) in [6, 6.07) is 5.06. The molecular weight excluding hydrogens is 228 g/mol. The molecule has 1 amide bonds. The van der Waals surface area contributed by atoms with E-state index in [9.17, 15) is 9.90 Å². The number of rotatable bonds is 5. The zero-order chi connectivity index (χ0) is 13.7. The Labute approximate surface area is 108 Å². The van der Waals surface area contributed by atoms with E-state index >= 15 is 0 Å². The number of phenolic OH excluding ortho intramolecular Hbond substituents is 1. The van der Waals surface area contributed by atoms with Gasteiger partial charge in [0, 0.05) is 12.6 Å². The lowest BCUT2D eigenvalue weighted by Crippen LogP contribution is -2.38. The van der Waals surface area contributed by atoms with E-state index in [-0.39, 0.29) is 17.7 Å². The van der Waals surface area contributed by atoms with Crippen LogP contribution in [0.3, 0.4) is 0 Å². The molecule has 0 radical (unpaired) electrons. The molecule has 0 heterocycles. The van der Waals surface area contributed by atoms with Gasteiger partial charge in [-0.25, -0.2) is 0 Å². The van der Waals surface area contributed by atoms with Crippen LogP contribution >= 0.6 is 0 Å². The van der Waals surface area contributed by atoms with Crippen molar-refractivity contribution in [2.75, 3.05) is 6.54 Å². The fourth-order valence-electron chi connectivity index (χ4n) is 1.85. The van der Waals surface area contributed by atoms with Crippen LogP contribution in [0, 0.1) is 12.8 Å². The topological polar surface area (TPSA) is 75.4 Å². The lowest BCUT2D eigenvalue weighted by Gasteiger charge is -2.15. The van der Waals surface area contributed by atoms with Crippen LogP contribution in [0.1, 0.15) is 36.2 Å². The highest BCUT2D eigenvalue weighted by Gasteiger charge is 2.13. The first-order chi connectivity index (χ1) is 8.41. The smallest absolute Gasteiger partial charge is 0.255 e. The van der Waals surface area contributed by atoms with Gasteiger partial charge in [-0.05, 0) is 30.9 Å². The van der Waals surface area contributed by atoms with Crippen molar-refractivity contribution >= 4 is 5.91 Å². The molecule has 1 aromatic rings. The van der Waals surface area contributed by atoms with Crippen molar-refractivity contribution < 1.29 is 9.90 Å². The molecule has 0 aromatic heterocycles. The van der Waals surface area contributed by atoms with Crippen LogP contribution in [0.25, 0.3) is 0 Å². The molecule has 0 fully saturated rings. The number of nitrogens with one attached hydrogen (secondary N) is 1. The molecule has 100 valence electrons. The summed E-state index contributed by atoms with van der Waals surface area (Å²) in [5, 5.41) is 12.5. The molecule has 0 spiro atoms. The summed E-state index contributed by atoms with van der Waals surface area (Å²) >= 11 is 0. The second kappa shape index (κ2) is 6.40. The highest BCUT2D eigenvalue weighted by Crippen LogP contribution is 2.20. The van der Waals surface area contributed by atoms with Crippen LogP contribution in [-0.2, 0) is 0 Å². The fraction of sp³-hybridized carbons (Fsp3) is 0.500. The Morgan fingerprint density at radius 2 is 2.11 bits per heavy atom. The first-order valence-corrected chi connectivity index (χ1v) is 6.24. The number of nitrogens with two attached hydrogens (primary N) is 1. The Morgan fingerprint density at radius 1 is 1.44 bits per heavy atom. The molecule has 4 nitrogen and oxygen atoms in total. The zero-order valence-corrected chi connectivity index (χ0v) is 11.2. The molecule has 4 heteroatoms. The highest BCUT2D eigenvalue weighted by atomic mass is 16.3. The molecule has 1 unspecified atom stereocenters. The predicted molar refractivity (Wildman–Crippen MR) is 72.6 cm³/mol. The monoisotopic (exact) mass is 250 g/mol. The van der Waals surface area contributed by atoms with E-state index in [1.165, 1.54) is 0 Å². The molecule has 0 aliphatic rings. The number of carbonyl (C=O) groups is 1. The molecule has 0 aliphatic heterocycles. The van der Waals surface area contributed by atoms with Crippen LogP contribution in [0.15, 0.2) is 18.2 Å². The maximum absolute atomic E-state index is 11.9. The summed E-state index contributed by atoms with van der Waals surface area (Å²) in [4.78, 5) is 11.9. The first-order valence-electron chi connectivity index (χ1n) is 6.24. The molecular formula is C14H22N2O2. The van der Waals surface area contributed by atoms with E-state index in [1.54, 1.807) is 25.1 Å². The van der Waals surface area contributed by atoms with Gasteiger partial charge in [-0.3, -0.25) is 4.79 Å². The molecule has 18 heavy (non-hydrogen) atoms. The zero-order valence-electron chi connectivity index (χ0n) is 11.2. The summed E-state index contributed by atoms with van der Waals surface area (Å²) in [6.45, 7) is 6.36. The van der Waals surface area contributed by atoms with Gasteiger partial charge in [0.1, 0.15) is 5.75 Å². The third kappa shape index (κ3) is 4.04. The SMILES string of the molecule is Cc1cccc(C(=O)NCC(N)CC(C)C)c1O. The molecule has 0 saturated carbocycles. The Morgan fingerprint density at radius 3 is 2.72 bits per heavy atom. The van der Waals surface area contributed by atoms with Gasteiger partial charge in [0.2, 0.25) is 0 Å². The summed E-state index contributed by atoms with van der Waals surface area (Å²) in [6.07, 6.45) is 0.861. The Kier molecular flexibility index (Phi) is 5.16. The normalized spacial score (nSPS) is 12.5. The minimum Gasteiger partial charge on any atom is -0.507 e. The largest absolute Gasteiger partial charge is 0.507 e. The number of carbonyl (C=O) groups excluding carboxylic acids is 1. The second-order valence-electron chi connectivity index (χ2n) is 5.07. The molecule has 1 atom stereocenters. The number of aryl methyl sites for hydroxylation is 1. The minimum atomic E-state index is -0.282. The summed E-state index contributed by atoms with van der Waals surface area (Å²) in [5.41, 5.74) is 6.88. The van der Waals surface area contributed by atoms with Crippen LogP contribution in [-0.4, -0.2) is 23.6 Å². The number of aromatic hydroxyl groups is 1. The number of phenols is 1. The van der Waals surface area contributed by atoms with E-state index in [2.05, 4.69) is 19.2 Å². The van der Waals surface area contributed by atoms with Gasteiger partial charge in [0.05, 0.1) is 5.56 Å². The molecule has 0 bridgehead atoms. The highest BCUT2D eigenvalue weighted by molar-refractivity contribution is 5.97. The number of benzene rings is 1. The van der Waals surface area contributed by atoms with Crippen molar-refractivity contribution in [3.05, 3.63) is 29.3 Å². The number of hydrogen-bond acceptors (Lipinski definition) is 3. The Bertz CT molecular complexity index is 416. The molecule has 1 rings (SSSR count). The predicted octanol–water partition coefficient (Wildman–Crippen LogP) is 1.80. The quantitative estimate of drug-likeness (QED) is 0.746. The van der Waals surface area contributed by atoms with Gasteiger partial charge in [0.15, 0.2) is 0 Å². The average Bonchev–Trinajstić information content (AvgIpc) is 2.29. The van der Waals surface area contributed by atoms with Gasteiger partial charge >= 0.3 is 0 Å². The molecule has 0 saturated heterocycles. The summed E-state index contributed by atoms with van der Waals surface area (Å²) in [7, 11) is 0. The van der Waals surface area contributed by atoms with Crippen molar-refractivity contribution in [1.29, 1.82) is 0 Å². The second-order valence-corrected chi connectivity index (χ2v) is 5.07. The van der Waals surface area contributed by atoms with E-state index in [0.29, 0.717) is 23.6 Å². The third-order valence-corrected chi connectivity index (χ3v) is 2.78. The van der Waals surface area contributed by atoms with Gasteiger partial charge in [-0.2, -0.15) is 0 Å². The standard InChI is InChI=1S/C14H22N2O2/c1-9(2)7-11(15)8-16-14(18)12-6-4-5-10(3)13(12)17/h4-6,9,11,17H,7-8,15H2,1-3H3,(H,16,18). The lowest BCUT2D eigenvalue weighted by atomic mass is 10.0. The van der Waals surface area contributed by atoms with Crippen molar-refractivity contribution in [2.24, 2.45) is 11.7 Å². The summed E-state index contributed by atoms with van der Waals surface area (Å²) in [5.74, 6) is 0.257. The van der Waals surface area contributed by atoms with Crippen molar-refractivity contribution in [1.82, 2.24) is 5.32 Å². The number of para-hydroxylation sites is 1. The van der Waals surface area contributed by atoms with Crippen LogP contribution in [0.2, 0.25) is 0 Å². The van der Waals surface area contributed by atoms with E-state index < -0.39 is 0 Å². The molecule has 4 N–H and O–H groups in total. The Hall–Kier alpha value is -1.55. The van der Waals surface area contributed by atoms with Crippen LogP contribution in [0.4, 0.5) is 0 Å². The van der Waals surface area contributed by atoms with E-state index in [1.807, 2.05) is 0 Å². The Balaban J connectivity index is 2.58. The third-order valence-electron chi connectivity index (χ3n) is 2.78. The van der Waals surface area contributed by atoms with Crippen molar-refractivity contribution in [3.63, 3.8) is 0 Å². The van der Waals surface area contributed by atoms with Crippen LogP contribution < -0.4 is 11.1 Å². The average molecular weight is 250 g/mol. The van der Waals surface area contributed by atoms with Gasteiger partial charge in [0.25, 0.3) is 5.91 Å². The number of amides is 1. The van der Waals surface area contributed by atoms with Crippen molar-refractivity contribution in [3.8, 4) is 5.75 Å².